The molecule has 0 N–H and O–H groups in total. The average Bonchev–Trinajstić information content (AvgIpc) is 2.96. The van der Waals surface area contributed by atoms with Gasteiger partial charge in [-0.25, -0.2) is 8.42 Å². The summed E-state index contributed by atoms with van der Waals surface area (Å²) in [5.41, 5.74) is 0.735. The molecule has 0 saturated heterocycles. The van der Waals surface area contributed by atoms with Gasteiger partial charge >= 0.3 is 0 Å². The van der Waals surface area contributed by atoms with Crippen LogP contribution >= 0.6 is 0 Å². The lowest BCUT2D eigenvalue weighted by Crippen LogP contribution is -2.08. The second-order valence-corrected chi connectivity index (χ2v) is 7.87. The topological polar surface area (TPSA) is 73.1 Å². The summed E-state index contributed by atoms with van der Waals surface area (Å²) in [4.78, 5) is 4.65. The highest BCUT2D eigenvalue weighted by Gasteiger charge is 2.24. The SMILES string of the molecule is Cc1ccccc1S(=O)(=O)Cc1noc(C2CCCCC2)n1. The van der Waals surface area contributed by atoms with Crippen LogP contribution < -0.4 is 0 Å². The molecule has 1 aliphatic carbocycles. The Morgan fingerprint density at radius 2 is 1.91 bits per heavy atom. The van der Waals surface area contributed by atoms with E-state index in [1.165, 1.54) is 19.3 Å². The zero-order valence-corrected chi connectivity index (χ0v) is 13.5. The van der Waals surface area contributed by atoms with Crippen molar-refractivity contribution in [2.75, 3.05) is 0 Å². The van der Waals surface area contributed by atoms with Gasteiger partial charge in [-0.3, -0.25) is 0 Å². The highest BCUT2D eigenvalue weighted by Crippen LogP contribution is 2.31. The Labute approximate surface area is 130 Å². The molecule has 1 saturated carbocycles. The number of sulfone groups is 1. The molecular formula is C16H20N2O3S. The maximum Gasteiger partial charge on any atom is 0.229 e. The van der Waals surface area contributed by atoms with Crippen LogP contribution in [-0.2, 0) is 15.6 Å². The first-order valence-electron chi connectivity index (χ1n) is 7.67. The van der Waals surface area contributed by atoms with Crippen LogP contribution in [0.2, 0.25) is 0 Å². The first kappa shape index (κ1) is 15.2. The van der Waals surface area contributed by atoms with Crippen LogP contribution in [0.15, 0.2) is 33.7 Å². The lowest BCUT2D eigenvalue weighted by molar-refractivity contribution is 0.312. The van der Waals surface area contributed by atoms with Crippen molar-refractivity contribution in [2.24, 2.45) is 0 Å². The van der Waals surface area contributed by atoms with Gasteiger partial charge in [-0.2, -0.15) is 4.98 Å². The van der Waals surface area contributed by atoms with Crippen molar-refractivity contribution in [2.45, 2.75) is 55.6 Å². The molecule has 5 nitrogen and oxygen atoms in total. The number of nitrogens with zero attached hydrogens (tertiary/aromatic N) is 2. The second kappa shape index (κ2) is 6.20. The predicted octanol–water partition coefficient (Wildman–Crippen LogP) is 3.40. The molecule has 0 spiro atoms. The zero-order valence-electron chi connectivity index (χ0n) is 12.7. The number of aryl methyl sites for hydroxylation is 1. The van der Waals surface area contributed by atoms with E-state index in [0.717, 1.165) is 18.4 Å². The minimum absolute atomic E-state index is 0.214. The maximum absolute atomic E-state index is 12.5. The number of benzene rings is 1. The molecule has 1 aliphatic rings. The van der Waals surface area contributed by atoms with Crippen LogP contribution in [0, 0.1) is 6.92 Å². The van der Waals surface area contributed by atoms with Gasteiger partial charge in [-0.05, 0) is 31.4 Å². The summed E-state index contributed by atoms with van der Waals surface area (Å²) in [6.07, 6.45) is 5.69. The van der Waals surface area contributed by atoms with E-state index in [1.807, 2.05) is 6.07 Å². The summed E-state index contributed by atoms with van der Waals surface area (Å²) in [6, 6.07) is 6.96. The first-order chi connectivity index (χ1) is 10.6. The van der Waals surface area contributed by atoms with E-state index in [4.69, 9.17) is 4.52 Å². The molecule has 0 aliphatic heterocycles. The van der Waals surface area contributed by atoms with Gasteiger partial charge in [0.1, 0.15) is 5.75 Å². The fourth-order valence-electron chi connectivity index (χ4n) is 2.99. The molecule has 22 heavy (non-hydrogen) atoms. The van der Waals surface area contributed by atoms with Crippen molar-refractivity contribution < 1.29 is 12.9 Å². The average molecular weight is 320 g/mol. The van der Waals surface area contributed by atoms with E-state index in [2.05, 4.69) is 10.1 Å². The predicted molar refractivity (Wildman–Crippen MR) is 82.2 cm³/mol. The lowest BCUT2D eigenvalue weighted by Gasteiger charge is -2.17. The third-order valence-corrected chi connectivity index (χ3v) is 5.95. The Hall–Kier alpha value is -1.69. The van der Waals surface area contributed by atoms with Gasteiger partial charge in [-0.15, -0.1) is 0 Å². The summed E-state index contributed by atoms with van der Waals surface area (Å²) in [6.45, 7) is 1.79. The largest absolute Gasteiger partial charge is 0.339 e. The van der Waals surface area contributed by atoms with E-state index in [-0.39, 0.29) is 17.5 Å². The Kier molecular flexibility index (Phi) is 4.29. The molecule has 0 amide bonds. The van der Waals surface area contributed by atoms with Crippen molar-refractivity contribution in [1.82, 2.24) is 10.1 Å². The van der Waals surface area contributed by atoms with Gasteiger partial charge in [0.05, 0.1) is 4.90 Å². The summed E-state index contributed by atoms with van der Waals surface area (Å²) >= 11 is 0. The summed E-state index contributed by atoms with van der Waals surface area (Å²) in [7, 11) is -3.45. The van der Waals surface area contributed by atoms with Crippen molar-refractivity contribution in [3.8, 4) is 0 Å². The Balaban J connectivity index is 1.78. The highest BCUT2D eigenvalue weighted by molar-refractivity contribution is 7.90. The zero-order chi connectivity index (χ0) is 15.6. The first-order valence-corrected chi connectivity index (χ1v) is 9.32. The molecule has 6 heteroatoms. The van der Waals surface area contributed by atoms with Crippen molar-refractivity contribution in [3.05, 3.63) is 41.5 Å². The van der Waals surface area contributed by atoms with E-state index < -0.39 is 9.84 Å². The highest BCUT2D eigenvalue weighted by atomic mass is 32.2. The fraction of sp³-hybridized carbons (Fsp3) is 0.500. The van der Waals surface area contributed by atoms with E-state index in [0.29, 0.717) is 10.8 Å². The quantitative estimate of drug-likeness (QED) is 0.863. The van der Waals surface area contributed by atoms with Crippen LogP contribution in [0.1, 0.15) is 55.3 Å². The van der Waals surface area contributed by atoms with Crippen LogP contribution in [0.3, 0.4) is 0 Å². The van der Waals surface area contributed by atoms with Crippen LogP contribution in [0.4, 0.5) is 0 Å². The summed E-state index contributed by atoms with van der Waals surface area (Å²) < 4.78 is 30.3. The Morgan fingerprint density at radius 1 is 1.18 bits per heavy atom. The smallest absolute Gasteiger partial charge is 0.229 e. The van der Waals surface area contributed by atoms with Crippen LogP contribution in [0.5, 0.6) is 0 Å². The molecule has 1 aromatic heterocycles. The van der Waals surface area contributed by atoms with Crippen LogP contribution in [0.25, 0.3) is 0 Å². The van der Waals surface area contributed by atoms with Crippen molar-refractivity contribution >= 4 is 9.84 Å². The van der Waals surface area contributed by atoms with Crippen LogP contribution in [-0.4, -0.2) is 18.6 Å². The molecule has 0 atom stereocenters. The monoisotopic (exact) mass is 320 g/mol. The van der Waals surface area contributed by atoms with Crippen molar-refractivity contribution in [3.63, 3.8) is 0 Å². The minimum atomic E-state index is -3.45. The fourth-order valence-corrected chi connectivity index (χ4v) is 4.45. The molecule has 0 radical (unpaired) electrons. The lowest BCUT2D eigenvalue weighted by atomic mass is 9.89. The standard InChI is InChI=1S/C16H20N2O3S/c1-12-7-5-6-10-14(12)22(19,20)11-15-17-16(21-18-15)13-8-3-2-4-9-13/h5-7,10,13H,2-4,8-9,11H2,1H3. The van der Waals surface area contributed by atoms with E-state index >= 15 is 0 Å². The second-order valence-electron chi connectivity index (χ2n) is 5.91. The third kappa shape index (κ3) is 3.21. The Morgan fingerprint density at radius 3 is 2.64 bits per heavy atom. The number of hydrogen-bond acceptors (Lipinski definition) is 5. The molecule has 0 unspecified atom stereocenters. The molecule has 1 aromatic carbocycles. The number of hydrogen-bond donors (Lipinski definition) is 0. The van der Waals surface area contributed by atoms with Gasteiger partial charge in [0.15, 0.2) is 15.7 Å². The van der Waals surface area contributed by atoms with E-state index in [1.54, 1.807) is 25.1 Å². The molecule has 3 rings (SSSR count). The molecule has 1 fully saturated rings. The molecule has 1 heterocycles. The maximum atomic E-state index is 12.5. The summed E-state index contributed by atoms with van der Waals surface area (Å²) in [5.74, 6) is 0.920. The molecule has 2 aromatic rings. The van der Waals surface area contributed by atoms with Crippen molar-refractivity contribution in [1.29, 1.82) is 0 Å². The number of rotatable bonds is 4. The molecule has 118 valence electrons. The summed E-state index contributed by atoms with van der Waals surface area (Å²) in [5, 5.41) is 3.87. The van der Waals surface area contributed by atoms with Gasteiger partial charge in [0, 0.05) is 5.92 Å². The number of aromatic nitrogens is 2. The van der Waals surface area contributed by atoms with Gasteiger partial charge < -0.3 is 4.52 Å². The normalized spacial score (nSPS) is 16.8. The molecule has 0 bridgehead atoms. The van der Waals surface area contributed by atoms with Gasteiger partial charge in [-0.1, -0.05) is 42.6 Å². The minimum Gasteiger partial charge on any atom is -0.339 e. The van der Waals surface area contributed by atoms with Gasteiger partial charge in [0.2, 0.25) is 5.89 Å². The third-order valence-electron chi connectivity index (χ3n) is 4.19. The van der Waals surface area contributed by atoms with Gasteiger partial charge in [0.25, 0.3) is 0 Å². The molecular weight excluding hydrogens is 300 g/mol. The Bertz CT molecular complexity index is 746. The van der Waals surface area contributed by atoms with E-state index in [9.17, 15) is 8.42 Å².